The molecule has 0 aliphatic rings. The largest absolute Gasteiger partial charge is 0.376 e. The van der Waals surface area contributed by atoms with Crippen molar-refractivity contribution in [2.24, 2.45) is 0 Å². The Morgan fingerprint density at radius 1 is 0.941 bits per heavy atom. The first-order chi connectivity index (χ1) is 8.25. The fourth-order valence-electron chi connectivity index (χ4n) is 1.40. The van der Waals surface area contributed by atoms with Gasteiger partial charge in [0.1, 0.15) is 11.9 Å². The van der Waals surface area contributed by atoms with E-state index in [-0.39, 0.29) is 5.82 Å². The van der Waals surface area contributed by atoms with E-state index in [9.17, 15) is 9.50 Å². The van der Waals surface area contributed by atoms with Crippen LogP contribution < -0.4 is 0 Å². The molecule has 0 saturated carbocycles. The van der Waals surface area contributed by atoms with E-state index in [4.69, 9.17) is 0 Å². The molecule has 1 atom stereocenters. The number of hydrogen-bond acceptors (Lipinski definition) is 1. The Balaban J connectivity index is 2.15. The summed E-state index contributed by atoms with van der Waals surface area (Å²) in [4.78, 5) is 0. The molecule has 0 saturated heterocycles. The Labute approximate surface area is 99.5 Å². The Morgan fingerprint density at radius 2 is 1.59 bits per heavy atom. The lowest BCUT2D eigenvalue weighted by Crippen LogP contribution is -1.93. The number of benzene rings is 2. The fraction of sp³-hybridized carbons (Fsp3) is 0.0667. The molecule has 2 heteroatoms. The highest BCUT2D eigenvalue weighted by Gasteiger charge is 2.02. The normalized spacial score (nSPS) is 11.4. The Hall–Kier alpha value is -2.11. The summed E-state index contributed by atoms with van der Waals surface area (Å²) >= 11 is 0. The van der Waals surface area contributed by atoms with Gasteiger partial charge in [0.15, 0.2) is 0 Å². The van der Waals surface area contributed by atoms with Gasteiger partial charge in [0.2, 0.25) is 0 Å². The summed E-state index contributed by atoms with van der Waals surface area (Å²) in [5.74, 6) is 5.26. The van der Waals surface area contributed by atoms with Crippen molar-refractivity contribution in [2.75, 3.05) is 0 Å². The first-order valence-electron chi connectivity index (χ1n) is 5.26. The van der Waals surface area contributed by atoms with Crippen LogP contribution in [-0.4, -0.2) is 5.11 Å². The van der Waals surface area contributed by atoms with E-state index in [2.05, 4.69) is 11.8 Å². The van der Waals surface area contributed by atoms with Gasteiger partial charge in [-0.25, -0.2) is 4.39 Å². The summed E-state index contributed by atoms with van der Waals surface area (Å²) in [7, 11) is 0. The molecule has 2 rings (SSSR count). The van der Waals surface area contributed by atoms with Crippen LogP contribution in [0.2, 0.25) is 0 Å². The van der Waals surface area contributed by atoms with Crippen LogP contribution in [0.15, 0.2) is 54.6 Å². The maximum Gasteiger partial charge on any atom is 0.140 e. The minimum absolute atomic E-state index is 0.322. The third-order valence-electron chi connectivity index (χ3n) is 2.31. The maximum absolute atomic E-state index is 12.7. The summed E-state index contributed by atoms with van der Waals surface area (Å²) in [5.41, 5.74) is 1.43. The Kier molecular flexibility index (Phi) is 3.54. The summed E-state index contributed by atoms with van der Waals surface area (Å²) in [5, 5.41) is 9.78. The molecular formula is C15H11FO. The predicted molar refractivity (Wildman–Crippen MR) is 64.7 cm³/mol. The van der Waals surface area contributed by atoms with Crippen molar-refractivity contribution in [1.29, 1.82) is 0 Å². The molecule has 17 heavy (non-hydrogen) atoms. The molecule has 0 bridgehead atoms. The zero-order valence-electron chi connectivity index (χ0n) is 9.10. The van der Waals surface area contributed by atoms with E-state index in [0.29, 0.717) is 5.56 Å². The lowest BCUT2D eigenvalue weighted by atomic mass is 10.1. The lowest BCUT2D eigenvalue weighted by molar-refractivity contribution is 0.238. The number of rotatable bonds is 1. The van der Waals surface area contributed by atoms with Gasteiger partial charge in [0.05, 0.1) is 0 Å². The first-order valence-corrected chi connectivity index (χ1v) is 5.26. The van der Waals surface area contributed by atoms with Crippen LogP contribution >= 0.6 is 0 Å². The first kappa shape index (κ1) is 11.4. The average molecular weight is 226 g/mol. The zero-order chi connectivity index (χ0) is 12.1. The molecule has 0 aromatic heterocycles. The number of aliphatic hydroxyl groups excluding tert-OH is 1. The van der Waals surface area contributed by atoms with Crippen molar-refractivity contribution < 1.29 is 9.50 Å². The van der Waals surface area contributed by atoms with Crippen LogP contribution in [0.1, 0.15) is 17.2 Å². The Morgan fingerprint density at radius 3 is 2.24 bits per heavy atom. The maximum atomic E-state index is 12.7. The van der Waals surface area contributed by atoms with Crippen LogP contribution in [0.25, 0.3) is 0 Å². The SMILES string of the molecule is OC(C#Cc1ccccc1)c1ccc(F)cc1. The average Bonchev–Trinajstić information content (AvgIpc) is 2.38. The number of hydrogen-bond donors (Lipinski definition) is 1. The molecule has 0 radical (unpaired) electrons. The van der Waals surface area contributed by atoms with Crippen LogP contribution in [0.4, 0.5) is 4.39 Å². The highest BCUT2D eigenvalue weighted by molar-refractivity contribution is 5.36. The topological polar surface area (TPSA) is 20.2 Å². The summed E-state index contributed by atoms with van der Waals surface area (Å²) in [6.07, 6.45) is -0.893. The molecule has 0 aliphatic heterocycles. The Bertz CT molecular complexity index is 535. The smallest absolute Gasteiger partial charge is 0.140 e. The van der Waals surface area contributed by atoms with Crippen molar-refractivity contribution in [1.82, 2.24) is 0 Å². The molecule has 0 aliphatic carbocycles. The number of aliphatic hydroxyl groups is 1. The minimum Gasteiger partial charge on any atom is -0.376 e. The summed E-state index contributed by atoms with van der Waals surface area (Å²) in [6, 6.07) is 15.1. The van der Waals surface area contributed by atoms with E-state index >= 15 is 0 Å². The van der Waals surface area contributed by atoms with Crippen LogP contribution in [0, 0.1) is 17.7 Å². The van der Waals surface area contributed by atoms with E-state index in [1.165, 1.54) is 24.3 Å². The molecule has 2 aromatic rings. The molecule has 0 spiro atoms. The van der Waals surface area contributed by atoms with E-state index in [1.54, 1.807) is 0 Å². The van der Waals surface area contributed by atoms with E-state index in [1.807, 2.05) is 30.3 Å². The zero-order valence-corrected chi connectivity index (χ0v) is 9.10. The molecular weight excluding hydrogens is 215 g/mol. The standard InChI is InChI=1S/C15H11FO/c16-14-9-7-13(8-10-14)15(17)11-6-12-4-2-1-3-5-12/h1-5,7-10,15,17H. The third-order valence-corrected chi connectivity index (χ3v) is 2.31. The van der Waals surface area contributed by atoms with Gasteiger partial charge in [0.25, 0.3) is 0 Å². The fourth-order valence-corrected chi connectivity index (χ4v) is 1.40. The van der Waals surface area contributed by atoms with E-state index in [0.717, 1.165) is 5.56 Å². The molecule has 1 N–H and O–H groups in total. The minimum atomic E-state index is -0.893. The molecule has 2 aromatic carbocycles. The van der Waals surface area contributed by atoms with Crippen molar-refractivity contribution in [3.8, 4) is 11.8 Å². The van der Waals surface area contributed by atoms with Crippen LogP contribution in [-0.2, 0) is 0 Å². The summed E-state index contributed by atoms with van der Waals surface area (Å²) < 4.78 is 12.7. The quantitative estimate of drug-likeness (QED) is 0.741. The molecule has 84 valence electrons. The third kappa shape index (κ3) is 3.17. The van der Waals surface area contributed by atoms with Gasteiger partial charge in [-0.15, -0.1) is 0 Å². The second-order valence-corrected chi connectivity index (χ2v) is 3.59. The van der Waals surface area contributed by atoms with E-state index < -0.39 is 6.10 Å². The summed E-state index contributed by atoms with van der Waals surface area (Å²) in [6.45, 7) is 0. The van der Waals surface area contributed by atoms with Crippen molar-refractivity contribution >= 4 is 0 Å². The molecule has 1 unspecified atom stereocenters. The molecule has 0 fully saturated rings. The van der Waals surface area contributed by atoms with Crippen molar-refractivity contribution in [3.63, 3.8) is 0 Å². The van der Waals surface area contributed by atoms with Gasteiger partial charge in [-0.3, -0.25) is 0 Å². The van der Waals surface area contributed by atoms with Crippen LogP contribution in [0.5, 0.6) is 0 Å². The monoisotopic (exact) mass is 226 g/mol. The second kappa shape index (κ2) is 5.29. The number of halogens is 1. The van der Waals surface area contributed by atoms with Gasteiger partial charge in [-0.2, -0.15) is 0 Å². The van der Waals surface area contributed by atoms with Gasteiger partial charge < -0.3 is 5.11 Å². The van der Waals surface area contributed by atoms with Crippen LogP contribution in [0.3, 0.4) is 0 Å². The molecule has 0 amide bonds. The second-order valence-electron chi connectivity index (χ2n) is 3.59. The molecule has 0 heterocycles. The van der Waals surface area contributed by atoms with Gasteiger partial charge in [-0.1, -0.05) is 42.2 Å². The molecule has 1 nitrogen and oxygen atoms in total. The van der Waals surface area contributed by atoms with Gasteiger partial charge in [0, 0.05) is 5.56 Å². The highest BCUT2D eigenvalue weighted by atomic mass is 19.1. The van der Waals surface area contributed by atoms with Gasteiger partial charge >= 0.3 is 0 Å². The predicted octanol–water partition coefficient (Wildman–Crippen LogP) is 2.91. The lowest BCUT2D eigenvalue weighted by Gasteiger charge is -2.02. The van der Waals surface area contributed by atoms with Crippen molar-refractivity contribution in [2.45, 2.75) is 6.10 Å². The van der Waals surface area contributed by atoms with Gasteiger partial charge in [-0.05, 0) is 29.8 Å². The van der Waals surface area contributed by atoms with Crippen molar-refractivity contribution in [3.05, 3.63) is 71.5 Å². The highest BCUT2D eigenvalue weighted by Crippen LogP contribution is 2.12.